The van der Waals surface area contributed by atoms with E-state index in [-0.39, 0.29) is 111 Å². The summed E-state index contributed by atoms with van der Waals surface area (Å²) in [5.74, 6) is -2.67. The predicted molar refractivity (Wildman–Crippen MR) is 250 cm³/mol. The van der Waals surface area contributed by atoms with E-state index in [1.165, 1.54) is 24.5 Å². The smallest absolute Gasteiger partial charge is 0.748 e. The zero-order valence-corrected chi connectivity index (χ0v) is 47.6. The van der Waals surface area contributed by atoms with Crippen molar-refractivity contribution in [3.05, 3.63) is 83.1 Å². The van der Waals surface area contributed by atoms with Crippen molar-refractivity contribution >= 4 is 59.9 Å². The Hall–Kier alpha value is -2.89. The minimum absolute atomic E-state index is 0. The van der Waals surface area contributed by atoms with E-state index in [1.807, 2.05) is 27.7 Å². The van der Waals surface area contributed by atoms with Crippen molar-refractivity contribution in [2.45, 2.75) is 75.0 Å². The van der Waals surface area contributed by atoms with Gasteiger partial charge in [0, 0.05) is 79.3 Å². The molecule has 3 heterocycles. The third-order valence-electron chi connectivity index (χ3n) is 11.6. The quantitative estimate of drug-likeness (QED) is 0.0210. The number of hydroxylamine groups is 2. The van der Waals surface area contributed by atoms with Gasteiger partial charge in [-0.2, -0.15) is 0 Å². The van der Waals surface area contributed by atoms with E-state index in [0.29, 0.717) is 116 Å². The molecule has 1 aliphatic carbocycles. The molecule has 1 fully saturated rings. The van der Waals surface area contributed by atoms with Gasteiger partial charge in [0.25, 0.3) is 11.8 Å². The SMILES string of the molecule is COCCOCCOCCOCC[N+](CCCS(=O)(=O)[O-])=c1ccc2c(/C=C/C=C3/N(CCCCCC(=O)ON4C(=O)CCC4=O)c4ccc(S(=O)(=O)[O-])cc4C3(C)CCCS(=O)(=O)[O-])ccoc-2c1.[Na+].[Na+]. The number of nitrogens with zero attached hydrogens (tertiary/aromatic N) is 3. The topological polar surface area (TPSA) is 292 Å². The average molecular weight is 1080 g/mol. The van der Waals surface area contributed by atoms with Gasteiger partial charge in [-0.15, -0.1) is 5.06 Å². The Balaban J connectivity index is 0.00000684. The number of hydrogen-bond acceptors (Lipinski definition) is 19. The molecule has 2 amide bonds. The first-order valence-electron chi connectivity index (χ1n) is 22.7. The van der Waals surface area contributed by atoms with Gasteiger partial charge in [-0.05, 0) is 80.1 Å². The molecule has 0 spiro atoms. The fourth-order valence-electron chi connectivity index (χ4n) is 8.18. The van der Waals surface area contributed by atoms with Crippen LogP contribution >= 0.6 is 0 Å². The Labute approximate surface area is 465 Å². The molecule has 4 aliphatic rings. The molecule has 1 aromatic carbocycles. The Kier molecular flexibility index (Phi) is 26.4. The van der Waals surface area contributed by atoms with Crippen molar-refractivity contribution in [3.63, 3.8) is 0 Å². The molecule has 1 aromatic rings. The number of allylic oxidation sites excluding steroid dienone is 3. The summed E-state index contributed by atoms with van der Waals surface area (Å²) in [6.45, 7) is 5.35. The molecule has 386 valence electrons. The van der Waals surface area contributed by atoms with Crippen molar-refractivity contribution in [3.8, 4) is 11.3 Å². The summed E-state index contributed by atoms with van der Waals surface area (Å²) in [7, 11) is -12.4. The number of benzene rings is 2. The summed E-state index contributed by atoms with van der Waals surface area (Å²) < 4.78 is 136. The molecule has 21 nitrogen and oxygen atoms in total. The van der Waals surface area contributed by atoms with Crippen LogP contribution in [-0.2, 0) is 73.9 Å². The maximum atomic E-state index is 12.4. The zero-order chi connectivity index (χ0) is 51.0. The van der Waals surface area contributed by atoms with Crippen LogP contribution in [-0.4, -0.2) is 146 Å². The zero-order valence-electron chi connectivity index (χ0n) is 41.1. The number of ether oxygens (including phenoxy) is 4. The summed E-state index contributed by atoms with van der Waals surface area (Å²) >= 11 is 0. The first-order chi connectivity index (χ1) is 33.2. The van der Waals surface area contributed by atoms with Gasteiger partial charge in [0.05, 0.1) is 77.1 Å². The summed E-state index contributed by atoms with van der Waals surface area (Å²) in [4.78, 5) is 42.6. The first-order valence-corrected chi connectivity index (χ1v) is 27.3. The number of hydrogen-bond donors (Lipinski definition) is 0. The second-order valence-corrected chi connectivity index (χ2v) is 21.2. The Morgan fingerprint density at radius 3 is 2.06 bits per heavy atom. The minimum Gasteiger partial charge on any atom is -0.748 e. The number of carbonyl (C=O) groups excluding carboxylic acids is 3. The summed E-state index contributed by atoms with van der Waals surface area (Å²) in [5.41, 5.74) is 1.90. The molecule has 72 heavy (non-hydrogen) atoms. The minimum atomic E-state index is -4.91. The molecular formula is C46H59N3Na2O18S3. The average Bonchev–Trinajstić information content (AvgIpc) is 3.72. The predicted octanol–water partition coefficient (Wildman–Crippen LogP) is -3.13. The van der Waals surface area contributed by atoms with Crippen LogP contribution < -0.4 is 73.9 Å². The van der Waals surface area contributed by atoms with E-state index in [2.05, 4.69) is 0 Å². The Morgan fingerprint density at radius 2 is 1.42 bits per heavy atom. The molecule has 3 aliphatic heterocycles. The second kappa shape index (κ2) is 30.0. The largest absolute Gasteiger partial charge is 1.00 e. The number of unbranched alkanes of at least 4 members (excludes halogenated alkanes) is 2. The maximum Gasteiger partial charge on any atom is 1.00 e. The van der Waals surface area contributed by atoms with Crippen LogP contribution in [0.15, 0.2) is 75.9 Å². The standard InChI is InChI=1S/C46H61N3O18S3.2Na/c1-46(19-7-31-68(53,54)55)39-34-37(70(59,60)61)13-15-40(39)48(21-5-3-4-11-45(52)67-49-43(50)16-17-44(49)51)42(46)10-6-9-35-18-23-66-41-33-36(12-14-38(35)41)47(20-8-32-69(56,57)58)22-24-63-27-28-65-30-29-64-26-25-62-2;;/h6,9-10,12-15,18,23,33-34H,3-5,7-8,11,16-17,19-22,24-32H2,1-2H3,(H2-,53,54,55,56,57,58,59,60,61);;/q;2*+1/p-2. The molecule has 26 heteroatoms. The number of anilines is 1. The van der Waals surface area contributed by atoms with Crippen molar-refractivity contribution in [2.24, 2.45) is 0 Å². The van der Waals surface area contributed by atoms with Crippen molar-refractivity contribution in [1.82, 2.24) is 9.64 Å². The molecule has 1 saturated heterocycles. The molecular weight excluding hydrogens is 1020 g/mol. The molecule has 0 aromatic heterocycles. The number of carbonyl (C=O) groups is 3. The fourth-order valence-corrected chi connectivity index (χ4v) is 9.66. The van der Waals surface area contributed by atoms with E-state index in [4.69, 9.17) is 28.2 Å². The van der Waals surface area contributed by atoms with Crippen molar-refractivity contribution in [2.75, 3.05) is 89.4 Å². The van der Waals surface area contributed by atoms with Crippen LogP contribution in [0.3, 0.4) is 0 Å². The molecule has 0 bridgehead atoms. The Bertz CT molecular complexity index is 2730. The van der Waals surface area contributed by atoms with Gasteiger partial charge in [0.2, 0.25) is 5.36 Å². The van der Waals surface area contributed by atoms with Gasteiger partial charge >= 0.3 is 65.1 Å². The Morgan fingerprint density at radius 1 is 0.778 bits per heavy atom. The van der Waals surface area contributed by atoms with Crippen LogP contribution in [0.2, 0.25) is 0 Å². The van der Waals surface area contributed by atoms with Gasteiger partial charge in [0.15, 0.2) is 6.54 Å². The van der Waals surface area contributed by atoms with Gasteiger partial charge in [-0.25, -0.2) is 34.6 Å². The molecule has 1 atom stereocenters. The van der Waals surface area contributed by atoms with Gasteiger partial charge in [-0.1, -0.05) is 18.6 Å². The third kappa shape index (κ3) is 19.7. The molecule has 0 saturated carbocycles. The second-order valence-electron chi connectivity index (χ2n) is 16.7. The van der Waals surface area contributed by atoms with Crippen molar-refractivity contribution in [1.29, 1.82) is 0 Å². The molecule has 0 N–H and O–H groups in total. The van der Waals surface area contributed by atoms with Crippen LogP contribution in [0, 0.1) is 0 Å². The maximum absolute atomic E-state index is 12.4. The van der Waals surface area contributed by atoms with Crippen LogP contribution in [0.4, 0.5) is 5.69 Å². The van der Waals surface area contributed by atoms with Gasteiger partial charge in [0.1, 0.15) is 29.0 Å². The summed E-state index contributed by atoms with van der Waals surface area (Å²) in [6.07, 6.45) is 8.06. The molecule has 1 unspecified atom stereocenters. The van der Waals surface area contributed by atoms with Crippen LogP contribution in [0.1, 0.15) is 75.8 Å². The van der Waals surface area contributed by atoms with Crippen molar-refractivity contribution < 1.29 is 141 Å². The van der Waals surface area contributed by atoms with E-state index < -0.39 is 70.0 Å². The number of rotatable bonds is 30. The number of amides is 2. The third-order valence-corrected chi connectivity index (χ3v) is 14.1. The van der Waals surface area contributed by atoms with Crippen LogP contribution in [0.5, 0.6) is 0 Å². The van der Waals surface area contributed by atoms with Gasteiger partial charge in [-0.3, -0.25) is 9.59 Å². The number of methoxy groups -OCH3 is 1. The fraction of sp³-hybridized carbons (Fsp3) is 0.522. The monoisotopic (exact) mass is 1080 g/mol. The van der Waals surface area contributed by atoms with Crippen LogP contribution in [0.25, 0.3) is 17.4 Å². The van der Waals surface area contributed by atoms with E-state index in [9.17, 15) is 53.3 Å². The summed E-state index contributed by atoms with van der Waals surface area (Å²) in [6, 6.07) is 11.2. The van der Waals surface area contributed by atoms with E-state index in [1.54, 1.807) is 38.3 Å². The van der Waals surface area contributed by atoms with E-state index in [0.717, 1.165) is 0 Å². The first kappa shape index (κ1) is 63.4. The molecule has 5 rings (SSSR count). The number of imide groups is 1. The summed E-state index contributed by atoms with van der Waals surface area (Å²) in [5, 5.41) is 1.17. The molecule has 0 radical (unpaired) electrons. The normalized spacial score (nSPS) is 17.2. The number of fused-ring (bicyclic) bond motifs is 2. The van der Waals surface area contributed by atoms with E-state index >= 15 is 0 Å². The van der Waals surface area contributed by atoms with Gasteiger partial charge < -0.3 is 46.8 Å².